The summed E-state index contributed by atoms with van der Waals surface area (Å²) in [7, 11) is 0. The molecular formula is C13H18Br2N2O2S. The van der Waals surface area contributed by atoms with Crippen molar-refractivity contribution in [2.45, 2.75) is 25.4 Å². The normalized spacial score (nSPS) is 16.3. The van der Waals surface area contributed by atoms with Crippen LogP contribution in [-0.2, 0) is 4.74 Å². The average molecular weight is 426 g/mol. The third-order valence-corrected chi connectivity index (χ3v) is 5.49. The second kappa shape index (κ2) is 8.48. The molecule has 4 nitrogen and oxygen atoms in total. The molecule has 1 fully saturated rings. The predicted octanol–water partition coefficient (Wildman–Crippen LogP) is 3.16. The van der Waals surface area contributed by atoms with Gasteiger partial charge in [-0.3, -0.25) is 4.79 Å². The van der Waals surface area contributed by atoms with Crippen LogP contribution in [0, 0.1) is 0 Å². The van der Waals surface area contributed by atoms with Crippen LogP contribution in [0.1, 0.15) is 29.6 Å². The summed E-state index contributed by atoms with van der Waals surface area (Å²) < 4.78 is 7.59. The molecule has 0 aromatic carbocycles. The van der Waals surface area contributed by atoms with Gasteiger partial charge >= 0.3 is 0 Å². The quantitative estimate of drug-likeness (QED) is 0.688. The Hall–Kier alpha value is 0.0500. The Balaban J connectivity index is 1.61. The molecule has 0 unspecified atom stereocenters. The molecule has 0 radical (unpaired) electrons. The maximum absolute atomic E-state index is 11.9. The van der Waals surface area contributed by atoms with Crippen LogP contribution in [0.15, 0.2) is 13.6 Å². The molecule has 1 aromatic heterocycles. The lowest BCUT2D eigenvalue weighted by Gasteiger charge is -2.22. The number of ether oxygens (including phenoxy) is 1. The van der Waals surface area contributed by atoms with Gasteiger partial charge < -0.3 is 15.4 Å². The minimum absolute atomic E-state index is 0.0410. The number of amides is 1. The minimum atomic E-state index is -0.0410. The van der Waals surface area contributed by atoms with Crippen LogP contribution in [0.2, 0.25) is 0 Å². The maximum atomic E-state index is 11.9. The highest BCUT2D eigenvalue weighted by molar-refractivity contribution is 9.12. The van der Waals surface area contributed by atoms with Crippen molar-refractivity contribution in [3.05, 3.63) is 19.2 Å². The zero-order valence-electron chi connectivity index (χ0n) is 11.1. The molecule has 2 N–H and O–H groups in total. The molecule has 2 rings (SSSR count). The van der Waals surface area contributed by atoms with E-state index in [4.69, 9.17) is 4.74 Å². The number of piperidine rings is 1. The molecule has 1 amide bonds. The van der Waals surface area contributed by atoms with E-state index in [9.17, 15) is 4.79 Å². The Labute approximate surface area is 139 Å². The van der Waals surface area contributed by atoms with Gasteiger partial charge in [0, 0.05) is 13.2 Å². The van der Waals surface area contributed by atoms with Gasteiger partial charge in [-0.05, 0) is 70.3 Å². The molecule has 112 valence electrons. The van der Waals surface area contributed by atoms with Gasteiger partial charge in [0.15, 0.2) is 0 Å². The third-order valence-electron chi connectivity index (χ3n) is 3.15. The van der Waals surface area contributed by atoms with E-state index in [-0.39, 0.29) is 5.91 Å². The van der Waals surface area contributed by atoms with Crippen molar-refractivity contribution < 1.29 is 9.53 Å². The van der Waals surface area contributed by atoms with Gasteiger partial charge in [-0.15, -0.1) is 11.3 Å². The van der Waals surface area contributed by atoms with E-state index in [0.29, 0.717) is 24.8 Å². The van der Waals surface area contributed by atoms with Crippen molar-refractivity contribution in [2.24, 2.45) is 0 Å². The predicted molar refractivity (Wildman–Crippen MR) is 88.5 cm³/mol. The van der Waals surface area contributed by atoms with Crippen molar-refractivity contribution in [1.29, 1.82) is 0 Å². The molecule has 0 saturated carbocycles. The molecular weight excluding hydrogens is 408 g/mol. The fourth-order valence-electron chi connectivity index (χ4n) is 2.08. The summed E-state index contributed by atoms with van der Waals surface area (Å²) in [6.45, 7) is 3.44. The minimum Gasteiger partial charge on any atom is -0.378 e. The number of rotatable bonds is 6. The highest BCUT2D eigenvalue weighted by atomic mass is 79.9. The van der Waals surface area contributed by atoms with Crippen LogP contribution in [0.5, 0.6) is 0 Å². The van der Waals surface area contributed by atoms with Gasteiger partial charge in [-0.2, -0.15) is 0 Å². The zero-order valence-corrected chi connectivity index (χ0v) is 15.1. The summed E-state index contributed by atoms with van der Waals surface area (Å²) in [5, 5.41) is 6.23. The van der Waals surface area contributed by atoms with E-state index in [1.165, 1.54) is 11.3 Å². The topological polar surface area (TPSA) is 50.4 Å². The number of nitrogens with one attached hydrogen (secondary N) is 2. The van der Waals surface area contributed by atoms with Gasteiger partial charge in [0.05, 0.1) is 19.2 Å². The molecule has 2 heterocycles. The number of carbonyl (C=O) groups excluding carboxylic acids is 1. The summed E-state index contributed by atoms with van der Waals surface area (Å²) in [5.41, 5.74) is 0.682. The van der Waals surface area contributed by atoms with Crippen LogP contribution in [0.25, 0.3) is 0 Å². The van der Waals surface area contributed by atoms with E-state index in [1.807, 2.05) is 6.07 Å². The van der Waals surface area contributed by atoms with E-state index in [2.05, 4.69) is 42.5 Å². The van der Waals surface area contributed by atoms with E-state index in [0.717, 1.165) is 39.9 Å². The molecule has 1 aliphatic heterocycles. The summed E-state index contributed by atoms with van der Waals surface area (Å²) in [5.74, 6) is -0.0410. The monoisotopic (exact) mass is 424 g/mol. The zero-order chi connectivity index (χ0) is 14.4. The number of carbonyl (C=O) groups is 1. The summed E-state index contributed by atoms with van der Waals surface area (Å²) >= 11 is 8.26. The molecule has 1 saturated heterocycles. The lowest BCUT2D eigenvalue weighted by molar-refractivity contribution is 0.0318. The number of halogens is 2. The largest absolute Gasteiger partial charge is 0.378 e. The number of hydrogen-bond donors (Lipinski definition) is 2. The van der Waals surface area contributed by atoms with Crippen LogP contribution >= 0.6 is 43.2 Å². The van der Waals surface area contributed by atoms with E-state index < -0.39 is 0 Å². The first-order chi connectivity index (χ1) is 9.66. The molecule has 1 aromatic rings. The second-order valence-electron chi connectivity index (χ2n) is 4.67. The van der Waals surface area contributed by atoms with Crippen molar-refractivity contribution in [2.75, 3.05) is 26.2 Å². The Kier molecular flexibility index (Phi) is 6.96. The standard InChI is InChI=1S/C13H18Br2N2O2S/c14-11-8-10(12(15)20-11)13(18)17-4-1-7-19-9-2-5-16-6-3-9/h8-9,16H,1-7H2,(H,17,18). The highest BCUT2D eigenvalue weighted by Gasteiger charge is 2.14. The second-order valence-corrected chi connectivity index (χ2v) is 8.42. The average Bonchev–Trinajstić information content (AvgIpc) is 2.78. The Morgan fingerprint density at radius 1 is 1.45 bits per heavy atom. The van der Waals surface area contributed by atoms with Crippen molar-refractivity contribution >= 4 is 49.1 Å². The molecule has 0 spiro atoms. The summed E-state index contributed by atoms with van der Waals surface area (Å²) in [6.07, 6.45) is 3.40. The highest BCUT2D eigenvalue weighted by Crippen LogP contribution is 2.31. The number of thiophene rings is 1. The molecule has 0 aliphatic carbocycles. The summed E-state index contributed by atoms with van der Waals surface area (Å²) in [6, 6.07) is 1.83. The maximum Gasteiger partial charge on any atom is 0.253 e. The van der Waals surface area contributed by atoms with E-state index in [1.54, 1.807) is 0 Å². The molecule has 0 bridgehead atoms. The lowest BCUT2D eigenvalue weighted by Crippen LogP contribution is -2.33. The molecule has 7 heteroatoms. The van der Waals surface area contributed by atoms with Crippen molar-refractivity contribution in [1.82, 2.24) is 10.6 Å². The van der Waals surface area contributed by atoms with Crippen LogP contribution in [0.3, 0.4) is 0 Å². The first-order valence-corrected chi connectivity index (χ1v) is 9.12. The first-order valence-electron chi connectivity index (χ1n) is 6.72. The van der Waals surface area contributed by atoms with Crippen molar-refractivity contribution in [3.8, 4) is 0 Å². The fraction of sp³-hybridized carbons (Fsp3) is 0.615. The van der Waals surface area contributed by atoms with Gasteiger partial charge in [-0.1, -0.05) is 0 Å². The fourth-order valence-corrected chi connectivity index (χ4v) is 4.87. The lowest BCUT2D eigenvalue weighted by atomic mass is 10.1. The molecule has 20 heavy (non-hydrogen) atoms. The van der Waals surface area contributed by atoms with Crippen LogP contribution < -0.4 is 10.6 Å². The van der Waals surface area contributed by atoms with Gasteiger partial charge in [-0.25, -0.2) is 0 Å². The number of hydrogen-bond acceptors (Lipinski definition) is 4. The smallest absolute Gasteiger partial charge is 0.253 e. The third kappa shape index (κ3) is 5.11. The Morgan fingerprint density at radius 3 is 2.85 bits per heavy atom. The van der Waals surface area contributed by atoms with Gasteiger partial charge in [0.2, 0.25) is 0 Å². The van der Waals surface area contributed by atoms with Crippen LogP contribution in [-0.4, -0.2) is 38.3 Å². The van der Waals surface area contributed by atoms with Crippen molar-refractivity contribution in [3.63, 3.8) is 0 Å². The van der Waals surface area contributed by atoms with Gasteiger partial charge in [0.1, 0.15) is 0 Å². The first kappa shape index (κ1) is 16.4. The molecule has 1 aliphatic rings. The Morgan fingerprint density at radius 2 is 2.20 bits per heavy atom. The SMILES string of the molecule is O=C(NCCCOC1CCNCC1)c1cc(Br)sc1Br. The Bertz CT molecular complexity index is 448. The van der Waals surface area contributed by atoms with Gasteiger partial charge in [0.25, 0.3) is 5.91 Å². The van der Waals surface area contributed by atoms with Crippen LogP contribution in [0.4, 0.5) is 0 Å². The van der Waals surface area contributed by atoms with E-state index >= 15 is 0 Å². The summed E-state index contributed by atoms with van der Waals surface area (Å²) in [4.78, 5) is 11.9. The molecule has 0 atom stereocenters.